The minimum absolute atomic E-state index is 0.0215. The zero-order valence-corrected chi connectivity index (χ0v) is 10.7. The Kier molecular flexibility index (Phi) is 5.08. The molecule has 102 valence electrons. The molecule has 0 radical (unpaired) electrons. The smallest absolute Gasteiger partial charge is 0.312 e. The zero-order chi connectivity index (χ0) is 13.7. The third kappa shape index (κ3) is 3.43. The number of carbonyl (C=O) groups is 3. The molecule has 0 saturated carbocycles. The first-order chi connectivity index (χ1) is 8.47. The number of hydrogen-bond donors (Lipinski definition) is 2. The molecule has 18 heavy (non-hydrogen) atoms. The molecule has 7 nitrogen and oxygen atoms in total. The van der Waals surface area contributed by atoms with E-state index in [0.717, 1.165) is 0 Å². The highest BCUT2D eigenvalue weighted by molar-refractivity contribution is 6.35. The first kappa shape index (κ1) is 14.4. The topological polar surface area (TPSA) is 89.9 Å². The van der Waals surface area contributed by atoms with Crippen LogP contribution in [0.25, 0.3) is 0 Å². The molecule has 0 bridgehead atoms. The highest BCUT2D eigenvalue weighted by Gasteiger charge is 2.34. The van der Waals surface area contributed by atoms with Gasteiger partial charge in [-0.15, -0.1) is 0 Å². The summed E-state index contributed by atoms with van der Waals surface area (Å²) in [7, 11) is 0. The van der Waals surface area contributed by atoms with Crippen LogP contribution in [-0.2, 0) is 14.4 Å². The monoisotopic (exact) mass is 257 g/mol. The number of aliphatic hydroxyl groups is 1. The third-order valence-electron chi connectivity index (χ3n) is 2.73. The van der Waals surface area contributed by atoms with Crippen LogP contribution >= 0.6 is 0 Å². The van der Waals surface area contributed by atoms with Crippen LogP contribution < -0.4 is 5.32 Å². The van der Waals surface area contributed by atoms with Crippen LogP contribution in [0.1, 0.15) is 13.8 Å². The zero-order valence-electron chi connectivity index (χ0n) is 10.7. The number of hydrogen-bond acceptors (Lipinski definition) is 4. The molecule has 3 amide bonds. The molecule has 0 aromatic heterocycles. The summed E-state index contributed by atoms with van der Waals surface area (Å²) in [5.74, 6) is -1.58. The lowest BCUT2D eigenvalue weighted by Crippen LogP contribution is -2.57. The molecule has 1 aliphatic rings. The first-order valence-corrected chi connectivity index (χ1v) is 5.94. The summed E-state index contributed by atoms with van der Waals surface area (Å²) in [6, 6.07) is -0.0215. The summed E-state index contributed by atoms with van der Waals surface area (Å²) in [6.07, 6.45) is 0. The van der Waals surface area contributed by atoms with Crippen LogP contribution in [0.4, 0.5) is 0 Å². The van der Waals surface area contributed by atoms with Crippen molar-refractivity contribution in [3.05, 3.63) is 0 Å². The molecule has 0 atom stereocenters. The maximum Gasteiger partial charge on any atom is 0.312 e. The lowest BCUT2D eigenvalue weighted by Gasteiger charge is -2.35. The van der Waals surface area contributed by atoms with Crippen LogP contribution in [0.2, 0.25) is 0 Å². The predicted molar refractivity (Wildman–Crippen MR) is 63.5 cm³/mol. The van der Waals surface area contributed by atoms with Gasteiger partial charge in [0, 0.05) is 25.7 Å². The largest absolute Gasteiger partial charge is 0.395 e. The van der Waals surface area contributed by atoms with Crippen molar-refractivity contribution in [2.75, 3.05) is 32.8 Å². The van der Waals surface area contributed by atoms with Crippen molar-refractivity contribution in [2.45, 2.75) is 19.9 Å². The van der Waals surface area contributed by atoms with E-state index in [0.29, 0.717) is 13.1 Å². The lowest BCUT2D eigenvalue weighted by atomic mass is 10.2. The molecule has 1 heterocycles. The van der Waals surface area contributed by atoms with E-state index in [9.17, 15) is 14.4 Å². The molecule has 1 rings (SSSR count). The van der Waals surface area contributed by atoms with Crippen LogP contribution in [-0.4, -0.2) is 71.5 Å². The second-order valence-electron chi connectivity index (χ2n) is 4.39. The standard InChI is InChI=1S/C11H19N3O4/c1-8(2)14-5-4-13(10(17)11(14)18)7-9(16)12-3-6-15/h8,15H,3-7H2,1-2H3,(H,12,16). The van der Waals surface area contributed by atoms with Gasteiger partial charge < -0.3 is 20.2 Å². The summed E-state index contributed by atoms with van der Waals surface area (Å²) < 4.78 is 0. The summed E-state index contributed by atoms with van der Waals surface area (Å²) in [5, 5.41) is 11.0. The fourth-order valence-corrected chi connectivity index (χ4v) is 1.76. The van der Waals surface area contributed by atoms with Crippen molar-refractivity contribution in [2.24, 2.45) is 0 Å². The van der Waals surface area contributed by atoms with Crippen LogP contribution in [0, 0.1) is 0 Å². The highest BCUT2D eigenvalue weighted by atomic mass is 16.3. The van der Waals surface area contributed by atoms with Gasteiger partial charge in [-0.3, -0.25) is 14.4 Å². The molecule has 0 aliphatic carbocycles. The van der Waals surface area contributed by atoms with Gasteiger partial charge in [0.1, 0.15) is 6.54 Å². The molecule has 0 aromatic carbocycles. The van der Waals surface area contributed by atoms with Crippen LogP contribution in [0.3, 0.4) is 0 Å². The number of rotatable bonds is 5. The van der Waals surface area contributed by atoms with Gasteiger partial charge in [-0.25, -0.2) is 0 Å². The molecule has 0 aromatic rings. The van der Waals surface area contributed by atoms with E-state index in [-0.39, 0.29) is 31.6 Å². The van der Waals surface area contributed by atoms with E-state index in [1.807, 2.05) is 13.8 Å². The maximum absolute atomic E-state index is 11.8. The number of nitrogens with zero attached hydrogens (tertiary/aromatic N) is 2. The lowest BCUT2D eigenvalue weighted by molar-refractivity contribution is -0.158. The van der Waals surface area contributed by atoms with Crippen LogP contribution in [0.5, 0.6) is 0 Å². The van der Waals surface area contributed by atoms with E-state index >= 15 is 0 Å². The van der Waals surface area contributed by atoms with Gasteiger partial charge in [0.15, 0.2) is 0 Å². The number of nitrogens with one attached hydrogen (secondary N) is 1. The van der Waals surface area contributed by atoms with E-state index in [1.54, 1.807) is 0 Å². The van der Waals surface area contributed by atoms with Gasteiger partial charge in [0.05, 0.1) is 6.61 Å². The van der Waals surface area contributed by atoms with Gasteiger partial charge in [0.25, 0.3) is 0 Å². The van der Waals surface area contributed by atoms with Crippen molar-refractivity contribution < 1.29 is 19.5 Å². The number of piperazine rings is 1. The Labute approximate surface area is 106 Å². The Morgan fingerprint density at radius 2 is 2.00 bits per heavy atom. The quantitative estimate of drug-likeness (QED) is 0.567. The molecule has 1 saturated heterocycles. The molecule has 1 aliphatic heterocycles. The fraction of sp³-hybridized carbons (Fsp3) is 0.727. The Balaban J connectivity index is 2.53. The van der Waals surface area contributed by atoms with Gasteiger partial charge in [0.2, 0.25) is 5.91 Å². The molecule has 1 fully saturated rings. The average Bonchev–Trinajstić information content (AvgIpc) is 2.32. The number of amides is 3. The second kappa shape index (κ2) is 6.34. The van der Waals surface area contributed by atoms with Crippen LogP contribution in [0.15, 0.2) is 0 Å². The SMILES string of the molecule is CC(C)N1CCN(CC(=O)NCCO)C(=O)C1=O. The first-order valence-electron chi connectivity index (χ1n) is 5.94. The number of carbonyl (C=O) groups excluding carboxylic acids is 3. The highest BCUT2D eigenvalue weighted by Crippen LogP contribution is 2.08. The molecule has 0 spiro atoms. The second-order valence-corrected chi connectivity index (χ2v) is 4.39. The summed E-state index contributed by atoms with van der Waals surface area (Å²) >= 11 is 0. The number of aliphatic hydroxyl groups excluding tert-OH is 1. The summed E-state index contributed by atoms with van der Waals surface area (Å²) in [5.41, 5.74) is 0. The Hall–Kier alpha value is -1.63. The van der Waals surface area contributed by atoms with Crippen molar-refractivity contribution in [3.63, 3.8) is 0 Å². The van der Waals surface area contributed by atoms with Gasteiger partial charge >= 0.3 is 11.8 Å². The summed E-state index contributed by atoms with van der Waals surface area (Å²) in [6.45, 7) is 4.33. The van der Waals surface area contributed by atoms with Crippen molar-refractivity contribution in [3.8, 4) is 0 Å². The third-order valence-corrected chi connectivity index (χ3v) is 2.73. The molecular weight excluding hydrogens is 238 g/mol. The average molecular weight is 257 g/mol. The van der Waals surface area contributed by atoms with E-state index in [1.165, 1.54) is 9.80 Å². The fourth-order valence-electron chi connectivity index (χ4n) is 1.76. The molecular formula is C11H19N3O4. The van der Waals surface area contributed by atoms with Crippen molar-refractivity contribution in [1.29, 1.82) is 0 Å². The minimum atomic E-state index is -0.644. The van der Waals surface area contributed by atoms with Crippen molar-refractivity contribution >= 4 is 17.7 Å². The molecule has 0 unspecified atom stereocenters. The van der Waals surface area contributed by atoms with E-state index < -0.39 is 11.8 Å². The summed E-state index contributed by atoms with van der Waals surface area (Å²) in [4.78, 5) is 37.6. The predicted octanol–water partition coefficient (Wildman–Crippen LogP) is -1.83. The molecule has 2 N–H and O–H groups in total. The Morgan fingerprint density at radius 1 is 1.33 bits per heavy atom. The normalized spacial score (nSPS) is 16.4. The van der Waals surface area contributed by atoms with E-state index in [4.69, 9.17) is 5.11 Å². The maximum atomic E-state index is 11.8. The van der Waals surface area contributed by atoms with Gasteiger partial charge in [-0.1, -0.05) is 0 Å². The van der Waals surface area contributed by atoms with Gasteiger partial charge in [-0.05, 0) is 13.8 Å². The minimum Gasteiger partial charge on any atom is -0.395 e. The van der Waals surface area contributed by atoms with Crippen molar-refractivity contribution in [1.82, 2.24) is 15.1 Å². The van der Waals surface area contributed by atoms with Gasteiger partial charge in [-0.2, -0.15) is 0 Å². The van der Waals surface area contributed by atoms with E-state index in [2.05, 4.69) is 5.32 Å². The Bertz CT molecular complexity index is 343. The Morgan fingerprint density at radius 3 is 2.56 bits per heavy atom. The molecule has 7 heteroatoms.